The number of nitrogens with two attached hydrogens (primary N) is 1. The van der Waals surface area contributed by atoms with E-state index in [2.05, 4.69) is 0 Å². The van der Waals surface area contributed by atoms with Crippen LogP contribution in [-0.4, -0.2) is 12.6 Å². The summed E-state index contributed by atoms with van der Waals surface area (Å²) in [4.78, 5) is 11.6. The van der Waals surface area contributed by atoms with Crippen molar-refractivity contribution >= 4 is 16.7 Å². The maximum atomic E-state index is 11.6. The molecule has 0 aliphatic carbocycles. The van der Waals surface area contributed by atoms with E-state index in [0.717, 1.165) is 16.3 Å². The first kappa shape index (κ1) is 11.6. The minimum Gasteiger partial charge on any atom is -0.465 e. The second kappa shape index (κ2) is 4.97. The molecular weight excluding hydrogens is 214 g/mol. The average molecular weight is 229 g/mol. The molecule has 0 aliphatic rings. The fourth-order valence-electron chi connectivity index (χ4n) is 1.88. The van der Waals surface area contributed by atoms with Gasteiger partial charge in [0.2, 0.25) is 0 Å². The van der Waals surface area contributed by atoms with Gasteiger partial charge < -0.3 is 10.5 Å². The maximum Gasteiger partial charge on any atom is 0.327 e. The fraction of sp³-hybridized carbons (Fsp3) is 0.214. The molecule has 0 spiro atoms. The van der Waals surface area contributed by atoms with Crippen molar-refractivity contribution < 1.29 is 9.53 Å². The molecule has 88 valence electrons. The second-order valence-electron chi connectivity index (χ2n) is 3.80. The van der Waals surface area contributed by atoms with Gasteiger partial charge in [-0.15, -0.1) is 0 Å². The number of benzene rings is 2. The molecule has 0 radical (unpaired) electrons. The van der Waals surface area contributed by atoms with Crippen LogP contribution in [0.25, 0.3) is 10.8 Å². The third-order valence-corrected chi connectivity index (χ3v) is 2.70. The summed E-state index contributed by atoms with van der Waals surface area (Å²) in [5, 5.41) is 2.07. The van der Waals surface area contributed by atoms with Crippen LogP contribution in [-0.2, 0) is 9.53 Å². The van der Waals surface area contributed by atoms with E-state index in [1.54, 1.807) is 6.92 Å². The van der Waals surface area contributed by atoms with Gasteiger partial charge in [-0.25, -0.2) is 4.79 Å². The summed E-state index contributed by atoms with van der Waals surface area (Å²) in [7, 11) is 0. The van der Waals surface area contributed by atoms with Gasteiger partial charge in [0.15, 0.2) is 0 Å². The highest BCUT2D eigenvalue weighted by Gasteiger charge is 2.18. The van der Waals surface area contributed by atoms with Crippen LogP contribution in [0.2, 0.25) is 0 Å². The Hall–Kier alpha value is -1.87. The Morgan fingerprint density at radius 2 is 1.94 bits per heavy atom. The number of hydrogen-bond donors (Lipinski definition) is 1. The number of rotatable bonds is 3. The largest absolute Gasteiger partial charge is 0.465 e. The second-order valence-corrected chi connectivity index (χ2v) is 3.80. The molecule has 2 N–H and O–H groups in total. The third-order valence-electron chi connectivity index (χ3n) is 2.70. The third kappa shape index (κ3) is 2.29. The first-order valence-electron chi connectivity index (χ1n) is 5.64. The summed E-state index contributed by atoms with van der Waals surface area (Å²) in [6, 6.07) is 12.9. The maximum absolute atomic E-state index is 11.6. The monoisotopic (exact) mass is 229 g/mol. The quantitative estimate of drug-likeness (QED) is 0.822. The standard InChI is InChI=1S/C14H15NO2/c1-2-17-14(16)13(15)12-9-5-7-10-6-3-4-8-11(10)12/h3-9,13H,2,15H2,1H3. The Morgan fingerprint density at radius 3 is 2.71 bits per heavy atom. The number of carbonyl (C=O) groups is 1. The molecule has 0 saturated heterocycles. The van der Waals surface area contributed by atoms with Crippen molar-refractivity contribution in [2.24, 2.45) is 5.73 Å². The Morgan fingerprint density at radius 1 is 1.24 bits per heavy atom. The average Bonchev–Trinajstić information content (AvgIpc) is 2.37. The van der Waals surface area contributed by atoms with Crippen LogP contribution in [0.1, 0.15) is 18.5 Å². The fourth-order valence-corrected chi connectivity index (χ4v) is 1.88. The first-order valence-corrected chi connectivity index (χ1v) is 5.64. The van der Waals surface area contributed by atoms with Gasteiger partial charge in [-0.3, -0.25) is 0 Å². The molecule has 2 rings (SSSR count). The summed E-state index contributed by atoms with van der Waals surface area (Å²) in [6.07, 6.45) is 0. The highest BCUT2D eigenvalue weighted by Crippen LogP contribution is 2.23. The van der Waals surface area contributed by atoms with Gasteiger partial charge in [0.05, 0.1) is 6.61 Å². The SMILES string of the molecule is CCOC(=O)C(N)c1cccc2ccccc12. The van der Waals surface area contributed by atoms with Crippen molar-refractivity contribution in [3.8, 4) is 0 Å². The van der Waals surface area contributed by atoms with Crippen molar-refractivity contribution in [1.29, 1.82) is 0 Å². The number of esters is 1. The minimum absolute atomic E-state index is 0.345. The van der Waals surface area contributed by atoms with E-state index in [9.17, 15) is 4.79 Å². The molecule has 0 heterocycles. The van der Waals surface area contributed by atoms with Gasteiger partial charge in [0, 0.05) is 0 Å². The molecule has 2 aromatic rings. The summed E-state index contributed by atoms with van der Waals surface area (Å²) in [5.74, 6) is -0.385. The van der Waals surface area contributed by atoms with E-state index in [0.29, 0.717) is 6.61 Å². The predicted molar refractivity (Wildman–Crippen MR) is 67.5 cm³/mol. The lowest BCUT2D eigenvalue weighted by Crippen LogP contribution is -2.23. The van der Waals surface area contributed by atoms with E-state index < -0.39 is 6.04 Å². The highest BCUT2D eigenvalue weighted by molar-refractivity contribution is 5.90. The molecule has 2 aromatic carbocycles. The molecule has 17 heavy (non-hydrogen) atoms. The van der Waals surface area contributed by atoms with Crippen molar-refractivity contribution in [2.75, 3.05) is 6.61 Å². The Balaban J connectivity index is 2.44. The molecule has 1 unspecified atom stereocenters. The zero-order valence-electron chi connectivity index (χ0n) is 9.72. The smallest absolute Gasteiger partial charge is 0.327 e. The molecule has 3 nitrogen and oxygen atoms in total. The van der Waals surface area contributed by atoms with E-state index in [1.165, 1.54) is 0 Å². The zero-order valence-corrected chi connectivity index (χ0v) is 9.72. The van der Waals surface area contributed by atoms with Crippen LogP contribution in [0.5, 0.6) is 0 Å². The Kier molecular flexibility index (Phi) is 3.40. The van der Waals surface area contributed by atoms with Crippen LogP contribution >= 0.6 is 0 Å². The van der Waals surface area contributed by atoms with Crippen LogP contribution in [0, 0.1) is 0 Å². The number of fused-ring (bicyclic) bond motifs is 1. The molecule has 0 saturated carbocycles. The van der Waals surface area contributed by atoms with Crippen LogP contribution < -0.4 is 5.73 Å². The first-order chi connectivity index (χ1) is 8.24. The van der Waals surface area contributed by atoms with Gasteiger partial charge in [0.1, 0.15) is 6.04 Å². The lowest BCUT2D eigenvalue weighted by atomic mass is 9.99. The summed E-state index contributed by atoms with van der Waals surface area (Å²) in [5.41, 5.74) is 6.72. The van der Waals surface area contributed by atoms with Gasteiger partial charge in [-0.2, -0.15) is 0 Å². The van der Waals surface area contributed by atoms with Crippen LogP contribution in [0.4, 0.5) is 0 Å². The summed E-state index contributed by atoms with van der Waals surface area (Å²) < 4.78 is 4.94. The molecule has 0 fully saturated rings. The van der Waals surface area contributed by atoms with E-state index in [1.807, 2.05) is 42.5 Å². The molecular formula is C14H15NO2. The summed E-state index contributed by atoms with van der Waals surface area (Å²) in [6.45, 7) is 2.12. The predicted octanol–water partition coefficient (Wildman–Crippen LogP) is 2.40. The normalized spacial score (nSPS) is 12.4. The van der Waals surface area contributed by atoms with E-state index >= 15 is 0 Å². The Labute approximate surface area is 100 Å². The van der Waals surface area contributed by atoms with Crippen molar-refractivity contribution in [1.82, 2.24) is 0 Å². The molecule has 0 aliphatic heterocycles. The zero-order chi connectivity index (χ0) is 12.3. The Bertz CT molecular complexity index is 531. The van der Waals surface area contributed by atoms with E-state index in [4.69, 9.17) is 10.5 Å². The van der Waals surface area contributed by atoms with Gasteiger partial charge in [-0.1, -0.05) is 42.5 Å². The lowest BCUT2D eigenvalue weighted by Gasteiger charge is -2.13. The molecule has 1 atom stereocenters. The molecule has 0 bridgehead atoms. The molecule has 3 heteroatoms. The molecule has 0 aromatic heterocycles. The number of carbonyl (C=O) groups excluding carboxylic acids is 1. The molecule has 0 amide bonds. The number of ether oxygens (including phenoxy) is 1. The number of hydrogen-bond acceptors (Lipinski definition) is 3. The summed E-state index contributed by atoms with van der Waals surface area (Å²) >= 11 is 0. The van der Waals surface area contributed by atoms with Crippen molar-refractivity contribution in [3.05, 3.63) is 48.0 Å². The lowest BCUT2D eigenvalue weighted by molar-refractivity contribution is -0.144. The van der Waals surface area contributed by atoms with Crippen LogP contribution in [0.15, 0.2) is 42.5 Å². The van der Waals surface area contributed by atoms with Crippen molar-refractivity contribution in [3.63, 3.8) is 0 Å². The van der Waals surface area contributed by atoms with Crippen molar-refractivity contribution in [2.45, 2.75) is 13.0 Å². The van der Waals surface area contributed by atoms with Crippen LogP contribution in [0.3, 0.4) is 0 Å². The highest BCUT2D eigenvalue weighted by atomic mass is 16.5. The minimum atomic E-state index is -0.721. The van der Waals surface area contributed by atoms with Gasteiger partial charge in [-0.05, 0) is 23.3 Å². The van der Waals surface area contributed by atoms with Gasteiger partial charge >= 0.3 is 5.97 Å². The van der Waals surface area contributed by atoms with E-state index in [-0.39, 0.29) is 5.97 Å². The van der Waals surface area contributed by atoms with Gasteiger partial charge in [0.25, 0.3) is 0 Å². The topological polar surface area (TPSA) is 52.3 Å².